The summed E-state index contributed by atoms with van der Waals surface area (Å²) in [6.07, 6.45) is 0.183. The number of halogens is 2. The third-order valence-electron chi connectivity index (χ3n) is 3.36. The molecule has 0 N–H and O–H groups in total. The molecule has 1 heterocycles. The van der Waals surface area contributed by atoms with Gasteiger partial charge >= 0.3 is 0 Å². The summed E-state index contributed by atoms with van der Waals surface area (Å²) in [7, 11) is 0. The van der Waals surface area contributed by atoms with Crippen LogP contribution in [0, 0.1) is 23.0 Å². The molecule has 1 aliphatic rings. The largest absolute Gasteiger partial charge is 0.468 e. The van der Waals surface area contributed by atoms with Gasteiger partial charge in [-0.3, -0.25) is 0 Å². The molecule has 1 fully saturated rings. The number of hydrogen-bond donors (Lipinski definition) is 0. The summed E-state index contributed by atoms with van der Waals surface area (Å²) in [5.41, 5.74) is 0.394. The van der Waals surface area contributed by atoms with Crippen molar-refractivity contribution in [3.8, 4) is 22.9 Å². The Morgan fingerprint density at radius 1 is 1.13 bits per heavy atom. The van der Waals surface area contributed by atoms with Crippen molar-refractivity contribution in [1.82, 2.24) is 0 Å². The summed E-state index contributed by atoms with van der Waals surface area (Å²) in [4.78, 5) is 0. The fourth-order valence-electron chi connectivity index (χ4n) is 2.04. The Hall–Kier alpha value is -2.49. The second kappa shape index (κ2) is 6.73. The maximum atomic E-state index is 13.6. The monoisotopic (exact) mass is 317 g/mol. The molecule has 118 valence electrons. The van der Waals surface area contributed by atoms with E-state index in [1.807, 2.05) is 0 Å². The number of hydrogen-bond acceptors (Lipinski definition) is 4. The molecule has 1 aliphatic heterocycles. The van der Waals surface area contributed by atoms with E-state index in [1.165, 1.54) is 6.07 Å². The molecule has 1 saturated heterocycles. The van der Waals surface area contributed by atoms with E-state index in [1.54, 1.807) is 24.3 Å². The van der Waals surface area contributed by atoms with Gasteiger partial charge in [-0.15, -0.1) is 0 Å². The van der Waals surface area contributed by atoms with Crippen LogP contribution in [0.3, 0.4) is 0 Å². The SMILES string of the molecule is N#Cc1c(F)cc(-c2ccc(OCOCC3CO3)cc2)cc1F. The first-order valence-corrected chi connectivity index (χ1v) is 6.99. The van der Waals surface area contributed by atoms with Gasteiger partial charge < -0.3 is 14.2 Å². The first-order chi connectivity index (χ1) is 11.2. The van der Waals surface area contributed by atoms with Crippen molar-refractivity contribution >= 4 is 0 Å². The van der Waals surface area contributed by atoms with Crippen LogP contribution < -0.4 is 4.74 Å². The van der Waals surface area contributed by atoms with Crippen LogP contribution in [0.25, 0.3) is 11.1 Å². The molecule has 0 aliphatic carbocycles. The maximum absolute atomic E-state index is 13.6. The molecular formula is C17H13F2NO3. The van der Waals surface area contributed by atoms with Crippen molar-refractivity contribution in [2.24, 2.45) is 0 Å². The highest BCUT2D eigenvalue weighted by molar-refractivity contribution is 5.65. The van der Waals surface area contributed by atoms with Crippen LogP contribution in [0.1, 0.15) is 5.56 Å². The van der Waals surface area contributed by atoms with Gasteiger partial charge in [-0.25, -0.2) is 8.78 Å². The standard InChI is InChI=1S/C17H13F2NO3/c18-16-5-12(6-17(19)15(16)7-20)11-1-3-13(4-2-11)23-10-21-8-14-9-22-14/h1-6,14H,8-10H2. The molecule has 2 aromatic rings. The summed E-state index contributed by atoms with van der Waals surface area (Å²) < 4.78 is 42.9. The minimum Gasteiger partial charge on any atom is -0.468 e. The fraction of sp³-hybridized carbons (Fsp3) is 0.235. The predicted molar refractivity (Wildman–Crippen MR) is 77.7 cm³/mol. The quantitative estimate of drug-likeness (QED) is 0.466. The van der Waals surface area contributed by atoms with Crippen molar-refractivity contribution in [3.05, 3.63) is 53.6 Å². The molecule has 0 bridgehead atoms. The van der Waals surface area contributed by atoms with E-state index in [-0.39, 0.29) is 12.9 Å². The first kappa shape index (κ1) is 15.4. The lowest BCUT2D eigenvalue weighted by Gasteiger charge is -2.08. The van der Waals surface area contributed by atoms with E-state index in [0.29, 0.717) is 23.5 Å². The molecule has 0 radical (unpaired) electrons. The van der Waals surface area contributed by atoms with Gasteiger partial charge in [0, 0.05) is 0 Å². The Morgan fingerprint density at radius 3 is 2.35 bits per heavy atom. The molecule has 0 spiro atoms. The van der Waals surface area contributed by atoms with E-state index in [0.717, 1.165) is 18.7 Å². The number of nitrogens with zero attached hydrogens (tertiary/aromatic N) is 1. The van der Waals surface area contributed by atoms with Crippen LogP contribution in [0.2, 0.25) is 0 Å². The lowest BCUT2D eigenvalue weighted by molar-refractivity contribution is 0.00822. The van der Waals surface area contributed by atoms with Crippen LogP contribution in [0.4, 0.5) is 8.78 Å². The molecule has 3 rings (SSSR count). The minimum atomic E-state index is -0.876. The van der Waals surface area contributed by atoms with Crippen molar-refractivity contribution in [1.29, 1.82) is 5.26 Å². The Labute approximate surface area is 131 Å². The van der Waals surface area contributed by atoms with E-state index in [4.69, 9.17) is 19.5 Å². The number of nitriles is 1. The fourth-order valence-corrected chi connectivity index (χ4v) is 2.04. The normalized spacial score (nSPS) is 16.0. The second-order valence-electron chi connectivity index (χ2n) is 5.04. The summed E-state index contributed by atoms with van der Waals surface area (Å²) in [5, 5.41) is 8.67. The van der Waals surface area contributed by atoms with Crippen LogP contribution in [-0.4, -0.2) is 26.1 Å². The molecule has 1 unspecified atom stereocenters. The molecule has 23 heavy (non-hydrogen) atoms. The number of epoxide rings is 1. The van der Waals surface area contributed by atoms with Crippen molar-refractivity contribution < 1.29 is 23.0 Å². The van der Waals surface area contributed by atoms with Gasteiger partial charge in [0.25, 0.3) is 0 Å². The first-order valence-electron chi connectivity index (χ1n) is 6.99. The molecule has 0 saturated carbocycles. The second-order valence-corrected chi connectivity index (χ2v) is 5.04. The lowest BCUT2D eigenvalue weighted by Crippen LogP contribution is -2.07. The Balaban J connectivity index is 1.65. The van der Waals surface area contributed by atoms with Crippen LogP contribution in [0.15, 0.2) is 36.4 Å². The van der Waals surface area contributed by atoms with Gasteiger partial charge in [0.2, 0.25) is 0 Å². The molecule has 1 atom stereocenters. The Morgan fingerprint density at radius 2 is 1.78 bits per heavy atom. The van der Waals surface area contributed by atoms with Gasteiger partial charge in [-0.05, 0) is 35.4 Å². The smallest absolute Gasteiger partial charge is 0.189 e. The molecule has 0 amide bonds. The third-order valence-corrected chi connectivity index (χ3v) is 3.36. The highest BCUT2D eigenvalue weighted by Crippen LogP contribution is 2.26. The zero-order valence-electron chi connectivity index (χ0n) is 12.1. The van der Waals surface area contributed by atoms with Crippen LogP contribution in [0.5, 0.6) is 5.75 Å². The molecule has 6 heteroatoms. The van der Waals surface area contributed by atoms with Gasteiger partial charge in [-0.2, -0.15) is 5.26 Å². The molecule has 4 nitrogen and oxygen atoms in total. The van der Waals surface area contributed by atoms with E-state index in [2.05, 4.69) is 0 Å². The average molecular weight is 317 g/mol. The topological polar surface area (TPSA) is 54.8 Å². The predicted octanol–water partition coefficient (Wildman–Crippen LogP) is 3.26. The highest BCUT2D eigenvalue weighted by Gasteiger charge is 2.22. The van der Waals surface area contributed by atoms with Crippen LogP contribution >= 0.6 is 0 Å². The summed E-state index contributed by atoms with van der Waals surface area (Å²) >= 11 is 0. The van der Waals surface area contributed by atoms with E-state index in [9.17, 15) is 8.78 Å². The summed E-state index contributed by atoms with van der Waals surface area (Å²) in [6, 6.07) is 10.5. The minimum absolute atomic E-state index is 0.110. The summed E-state index contributed by atoms with van der Waals surface area (Å²) in [6.45, 7) is 1.34. The van der Waals surface area contributed by atoms with Crippen molar-refractivity contribution in [3.63, 3.8) is 0 Å². The Bertz CT molecular complexity index is 713. The van der Waals surface area contributed by atoms with Gasteiger partial charge in [0.05, 0.1) is 13.2 Å². The Kier molecular flexibility index (Phi) is 4.51. The highest BCUT2D eigenvalue weighted by atomic mass is 19.1. The van der Waals surface area contributed by atoms with Crippen LogP contribution in [-0.2, 0) is 9.47 Å². The van der Waals surface area contributed by atoms with Gasteiger partial charge in [0.1, 0.15) is 35.1 Å². The number of benzene rings is 2. The van der Waals surface area contributed by atoms with E-state index >= 15 is 0 Å². The van der Waals surface area contributed by atoms with Gasteiger partial charge in [0.15, 0.2) is 6.79 Å². The third kappa shape index (κ3) is 3.83. The lowest BCUT2D eigenvalue weighted by atomic mass is 10.0. The molecule has 0 aromatic heterocycles. The zero-order valence-corrected chi connectivity index (χ0v) is 12.1. The maximum Gasteiger partial charge on any atom is 0.189 e. The van der Waals surface area contributed by atoms with Crippen molar-refractivity contribution in [2.75, 3.05) is 20.0 Å². The zero-order chi connectivity index (χ0) is 16.2. The molecular weight excluding hydrogens is 304 g/mol. The summed E-state index contributed by atoms with van der Waals surface area (Å²) in [5.74, 6) is -1.17. The van der Waals surface area contributed by atoms with E-state index < -0.39 is 17.2 Å². The molecule has 2 aromatic carbocycles. The number of ether oxygens (including phenoxy) is 3. The number of rotatable bonds is 6. The van der Waals surface area contributed by atoms with Crippen molar-refractivity contribution in [2.45, 2.75) is 6.10 Å². The van der Waals surface area contributed by atoms with Gasteiger partial charge in [-0.1, -0.05) is 12.1 Å². The average Bonchev–Trinajstić information content (AvgIpc) is 3.36.